The van der Waals surface area contributed by atoms with E-state index in [9.17, 15) is 24.4 Å². The molecule has 2 amide bonds. The number of nitriles is 1. The van der Waals surface area contributed by atoms with Gasteiger partial charge in [-0.05, 0) is 83.1 Å². The highest BCUT2D eigenvalue weighted by atomic mass is 28.4. The number of rotatable bonds is 11. The number of amides is 2. The lowest BCUT2D eigenvalue weighted by Crippen LogP contribution is -2.51. The molecule has 2 aliphatic carbocycles. The molecule has 5 atom stereocenters. The molecule has 2 saturated carbocycles. The van der Waals surface area contributed by atoms with E-state index in [0.717, 1.165) is 32.1 Å². The van der Waals surface area contributed by atoms with Gasteiger partial charge in [-0.15, -0.1) is 0 Å². The topological polar surface area (TPSA) is 183 Å². The molecular weight excluding hydrogens is 685 g/mol. The summed E-state index contributed by atoms with van der Waals surface area (Å²) in [6.45, 7) is 17.7. The first-order chi connectivity index (χ1) is 24.1. The van der Waals surface area contributed by atoms with Crippen LogP contribution < -0.4 is 10.6 Å². The van der Waals surface area contributed by atoms with Crippen molar-refractivity contribution in [2.24, 2.45) is 17.3 Å². The molecule has 15 heteroatoms. The third-order valence-corrected chi connectivity index (χ3v) is 10.3. The fourth-order valence-corrected chi connectivity index (χ4v) is 8.24. The molecule has 0 aliphatic heterocycles. The van der Waals surface area contributed by atoms with Gasteiger partial charge in [0.25, 0.3) is 0 Å². The standard InChI is InChI=1S/C37H56N6O8Si/c1-23(44)41-32-26-16-17-27(43(26)40-22-39-32)37(21-38)19-25(20-48-33(46)30(35(2,3)4)42-34(47)50-36(5,6)7)29(31(37)51-52(8,9)10)49-28(45)18-24-14-12-11-13-15-24/h16-17,22,24-25,29-31H,11-15,18-20H2,1-10H3,(H,42,47)(H,39,40,41,44)/t25-,29-,30-,31?,37-/m1/s1. The van der Waals surface area contributed by atoms with Crippen molar-refractivity contribution in [2.45, 2.75) is 142 Å². The summed E-state index contributed by atoms with van der Waals surface area (Å²) in [6.07, 6.45) is 4.15. The fraction of sp³-hybridized carbons (Fsp3) is 0.703. The van der Waals surface area contributed by atoms with E-state index in [1.165, 1.54) is 13.3 Å². The zero-order valence-electron chi connectivity index (χ0n) is 32.3. The molecule has 0 saturated heterocycles. The summed E-state index contributed by atoms with van der Waals surface area (Å²) in [5.74, 6) is -1.58. The predicted molar refractivity (Wildman–Crippen MR) is 196 cm³/mol. The molecule has 2 aliphatic rings. The zero-order valence-corrected chi connectivity index (χ0v) is 33.3. The van der Waals surface area contributed by atoms with E-state index < -0.39 is 61.0 Å². The van der Waals surface area contributed by atoms with Gasteiger partial charge >= 0.3 is 18.0 Å². The molecule has 2 fully saturated rings. The van der Waals surface area contributed by atoms with Crippen molar-refractivity contribution < 1.29 is 37.8 Å². The highest BCUT2D eigenvalue weighted by Crippen LogP contribution is 2.49. The van der Waals surface area contributed by atoms with Crippen LogP contribution >= 0.6 is 0 Å². The van der Waals surface area contributed by atoms with E-state index in [4.69, 9.17) is 18.6 Å². The maximum Gasteiger partial charge on any atom is 0.408 e. The van der Waals surface area contributed by atoms with Crippen molar-refractivity contribution in [1.29, 1.82) is 5.26 Å². The van der Waals surface area contributed by atoms with Crippen LogP contribution in [0.3, 0.4) is 0 Å². The highest BCUT2D eigenvalue weighted by Gasteiger charge is 2.60. The second-order valence-corrected chi connectivity index (χ2v) is 21.7. The summed E-state index contributed by atoms with van der Waals surface area (Å²) in [4.78, 5) is 56.4. The number of anilines is 1. The SMILES string of the molecule is CC(=O)Nc1ncnn2c([C@]3(C#N)C[C@H](COC(=O)[C@@H](NC(=O)OC(C)(C)C)C(C)(C)C)[C@@H](OC(=O)CC4CCCCC4)C3O[Si](C)(C)C)ccc12. The van der Waals surface area contributed by atoms with Gasteiger partial charge in [0.15, 0.2) is 14.1 Å². The van der Waals surface area contributed by atoms with Crippen molar-refractivity contribution in [3.63, 3.8) is 0 Å². The number of nitrogens with zero attached hydrogens (tertiary/aromatic N) is 4. The second-order valence-electron chi connectivity index (χ2n) is 17.2. The molecule has 0 aromatic carbocycles. The molecule has 1 unspecified atom stereocenters. The van der Waals surface area contributed by atoms with E-state index in [1.807, 2.05) is 19.6 Å². The molecular formula is C37H56N6O8Si. The number of alkyl carbamates (subject to hydrolysis) is 1. The van der Waals surface area contributed by atoms with E-state index in [1.54, 1.807) is 58.2 Å². The number of carbonyl (C=O) groups is 4. The van der Waals surface area contributed by atoms with Gasteiger partial charge in [-0.3, -0.25) is 9.59 Å². The lowest BCUT2D eigenvalue weighted by atomic mass is 9.81. The van der Waals surface area contributed by atoms with Gasteiger partial charge in [-0.1, -0.05) is 40.0 Å². The van der Waals surface area contributed by atoms with Crippen LogP contribution in [-0.2, 0) is 38.4 Å². The molecule has 52 heavy (non-hydrogen) atoms. The van der Waals surface area contributed by atoms with E-state index >= 15 is 0 Å². The summed E-state index contributed by atoms with van der Waals surface area (Å²) in [5.41, 5.74) is -2.01. The zero-order chi connectivity index (χ0) is 38.6. The van der Waals surface area contributed by atoms with Crippen LogP contribution in [0.1, 0.15) is 99.1 Å². The minimum Gasteiger partial charge on any atom is -0.464 e. The van der Waals surface area contributed by atoms with E-state index in [0.29, 0.717) is 11.2 Å². The van der Waals surface area contributed by atoms with Crippen molar-refractivity contribution in [2.75, 3.05) is 11.9 Å². The second kappa shape index (κ2) is 15.9. The Hall–Kier alpha value is -4.03. The summed E-state index contributed by atoms with van der Waals surface area (Å²) in [5, 5.41) is 21.0. The molecule has 286 valence electrons. The number of hydrogen-bond acceptors (Lipinski definition) is 11. The van der Waals surface area contributed by atoms with E-state index in [2.05, 4.69) is 26.8 Å². The van der Waals surface area contributed by atoms with Crippen LogP contribution in [0.5, 0.6) is 0 Å². The van der Waals surface area contributed by atoms with Crippen LogP contribution in [0.2, 0.25) is 19.6 Å². The minimum atomic E-state index is -2.44. The third kappa shape index (κ3) is 10.1. The number of aromatic nitrogens is 3. The van der Waals surface area contributed by atoms with Crippen LogP contribution in [0.25, 0.3) is 5.52 Å². The van der Waals surface area contributed by atoms with Crippen LogP contribution in [0, 0.1) is 28.6 Å². The highest BCUT2D eigenvalue weighted by molar-refractivity contribution is 6.69. The Bertz CT molecular complexity index is 1660. The predicted octanol–water partition coefficient (Wildman–Crippen LogP) is 6.05. The first-order valence-electron chi connectivity index (χ1n) is 18.2. The van der Waals surface area contributed by atoms with Crippen LogP contribution in [0.15, 0.2) is 18.5 Å². The maximum atomic E-state index is 13.8. The number of hydrogen-bond donors (Lipinski definition) is 2. The Kier molecular flexibility index (Phi) is 12.5. The third-order valence-electron chi connectivity index (χ3n) is 9.37. The maximum absolute atomic E-state index is 13.8. The van der Waals surface area contributed by atoms with Crippen molar-refractivity contribution in [1.82, 2.24) is 19.9 Å². The number of esters is 2. The lowest BCUT2D eigenvalue weighted by molar-refractivity contribution is -0.161. The van der Waals surface area contributed by atoms with Crippen molar-refractivity contribution in [3.05, 3.63) is 24.2 Å². The van der Waals surface area contributed by atoms with Gasteiger partial charge in [0.05, 0.1) is 18.4 Å². The first-order valence-corrected chi connectivity index (χ1v) is 21.6. The van der Waals surface area contributed by atoms with Gasteiger partial charge < -0.3 is 29.3 Å². The average Bonchev–Trinajstić information content (AvgIpc) is 3.57. The number of nitrogens with one attached hydrogen (secondary N) is 2. The molecule has 14 nitrogen and oxygen atoms in total. The molecule has 2 aromatic rings. The molecule has 0 radical (unpaired) electrons. The van der Waals surface area contributed by atoms with Gasteiger partial charge in [-0.2, -0.15) is 10.4 Å². The number of fused-ring (bicyclic) bond motifs is 1. The van der Waals surface area contributed by atoms with E-state index in [-0.39, 0.29) is 43.1 Å². The minimum absolute atomic E-state index is 0.0958. The number of carbonyl (C=O) groups excluding carboxylic acids is 4. The fourth-order valence-electron chi connectivity index (χ4n) is 7.14. The Morgan fingerprint density at radius 1 is 1.08 bits per heavy atom. The van der Waals surface area contributed by atoms with Crippen molar-refractivity contribution >= 4 is 43.6 Å². The summed E-state index contributed by atoms with van der Waals surface area (Å²) < 4.78 is 26.1. The van der Waals surface area contributed by atoms with Gasteiger partial charge in [0.2, 0.25) is 5.91 Å². The quantitative estimate of drug-likeness (QED) is 0.155. The lowest BCUT2D eigenvalue weighted by Gasteiger charge is -2.36. The normalized spacial score (nSPS) is 23.4. The largest absolute Gasteiger partial charge is 0.464 e. The molecule has 0 bridgehead atoms. The van der Waals surface area contributed by atoms with Gasteiger partial charge in [-0.25, -0.2) is 19.1 Å². The summed E-state index contributed by atoms with van der Waals surface area (Å²) >= 11 is 0. The Morgan fingerprint density at radius 2 is 1.75 bits per heavy atom. The van der Waals surface area contributed by atoms with Gasteiger partial charge in [0.1, 0.15) is 41.1 Å². The smallest absolute Gasteiger partial charge is 0.408 e. The molecule has 0 spiro atoms. The molecule has 2 N–H and O–H groups in total. The van der Waals surface area contributed by atoms with Crippen LogP contribution in [0.4, 0.5) is 10.6 Å². The Morgan fingerprint density at radius 3 is 2.33 bits per heavy atom. The molecule has 4 rings (SSSR count). The Labute approximate surface area is 307 Å². The average molecular weight is 741 g/mol. The monoisotopic (exact) mass is 740 g/mol. The van der Waals surface area contributed by atoms with Gasteiger partial charge in [0, 0.05) is 19.3 Å². The summed E-state index contributed by atoms with van der Waals surface area (Å²) in [7, 11) is -2.44. The molecule has 2 heterocycles. The first kappa shape index (κ1) is 40.7. The molecule has 2 aromatic heterocycles. The Balaban J connectivity index is 1.74. The number of ether oxygens (including phenoxy) is 3. The van der Waals surface area contributed by atoms with Crippen LogP contribution in [-0.4, -0.2) is 77.3 Å². The summed E-state index contributed by atoms with van der Waals surface area (Å²) in [6, 6.07) is 4.93. The van der Waals surface area contributed by atoms with Crippen molar-refractivity contribution in [3.8, 4) is 6.07 Å².